The van der Waals surface area contributed by atoms with Gasteiger partial charge in [0, 0.05) is 45.5 Å². The third kappa shape index (κ3) is 4.53. The molecule has 0 radical (unpaired) electrons. The number of morpholine rings is 1. The van der Waals surface area contributed by atoms with Crippen molar-refractivity contribution >= 4 is 5.69 Å². The normalized spacial score (nSPS) is 23.2. The van der Waals surface area contributed by atoms with E-state index in [4.69, 9.17) is 9.47 Å². The molecule has 0 amide bonds. The van der Waals surface area contributed by atoms with Gasteiger partial charge in [0.05, 0.1) is 24.6 Å². The van der Waals surface area contributed by atoms with E-state index in [1.807, 2.05) is 0 Å². The van der Waals surface area contributed by atoms with Gasteiger partial charge in [0.1, 0.15) is 0 Å². The molecule has 0 saturated carbocycles. The Bertz CT molecular complexity index is 557. The summed E-state index contributed by atoms with van der Waals surface area (Å²) in [5.41, 5.74) is 0.811. The number of nitrogens with zero attached hydrogens (tertiary/aromatic N) is 3. The largest absolute Gasteiger partial charge is 0.381 e. The summed E-state index contributed by atoms with van der Waals surface area (Å²) in [6, 6.07) is 2.22. The molecule has 2 aliphatic rings. The van der Waals surface area contributed by atoms with Gasteiger partial charge in [-0.1, -0.05) is 0 Å². The molecule has 0 spiro atoms. The summed E-state index contributed by atoms with van der Waals surface area (Å²) in [5.74, 6) is 0. The summed E-state index contributed by atoms with van der Waals surface area (Å²) < 4.78 is 12.6. The van der Waals surface area contributed by atoms with Crippen molar-refractivity contribution in [2.24, 2.45) is 7.05 Å². The van der Waals surface area contributed by atoms with Gasteiger partial charge in [0.25, 0.3) is 5.56 Å². The molecule has 7 heteroatoms. The van der Waals surface area contributed by atoms with Gasteiger partial charge >= 0.3 is 0 Å². The van der Waals surface area contributed by atoms with Gasteiger partial charge in [0.15, 0.2) is 0 Å². The molecule has 1 unspecified atom stereocenters. The molecule has 0 aliphatic carbocycles. The zero-order valence-corrected chi connectivity index (χ0v) is 13.7. The van der Waals surface area contributed by atoms with E-state index in [-0.39, 0.29) is 11.7 Å². The van der Waals surface area contributed by atoms with Crippen LogP contribution in [0.5, 0.6) is 0 Å². The van der Waals surface area contributed by atoms with Crippen LogP contribution in [0.15, 0.2) is 17.1 Å². The molecule has 1 atom stereocenters. The Labute approximate surface area is 136 Å². The molecule has 0 aromatic carbocycles. The predicted molar refractivity (Wildman–Crippen MR) is 87.9 cm³/mol. The zero-order chi connectivity index (χ0) is 16.1. The first-order valence-corrected chi connectivity index (χ1v) is 8.43. The van der Waals surface area contributed by atoms with Crippen molar-refractivity contribution in [1.82, 2.24) is 15.1 Å². The van der Waals surface area contributed by atoms with Gasteiger partial charge in [-0.25, -0.2) is 4.68 Å². The van der Waals surface area contributed by atoms with Gasteiger partial charge in [-0.15, -0.1) is 0 Å². The highest BCUT2D eigenvalue weighted by atomic mass is 16.5. The van der Waals surface area contributed by atoms with Gasteiger partial charge in [0.2, 0.25) is 0 Å². The standard InChI is InChI=1S/C16H26N4O3/c1-19-16(21)10-14(11-18-19)20-6-9-23-15(12-20)2-5-17-13-3-7-22-8-4-13/h10-11,13,15,17H,2-9,12H2,1H3. The van der Waals surface area contributed by atoms with E-state index in [9.17, 15) is 4.79 Å². The van der Waals surface area contributed by atoms with Crippen LogP contribution < -0.4 is 15.8 Å². The van der Waals surface area contributed by atoms with E-state index in [1.54, 1.807) is 19.3 Å². The second kappa shape index (κ2) is 7.90. The highest BCUT2D eigenvalue weighted by Gasteiger charge is 2.22. The third-order valence-corrected chi connectivity index (χ3v) is 4.58. The van der Waals surface area contributed by atoms with E-state index in [2.05, 4.69) is 15.3 Å². The molecular formula is C16H26N4O3. The van der Waals surface area contributed by atoms with Crippen molar-refractivity contribution in [3.05, 3.63) is 22.6 Å². The van der Waals surface area contributed by atoms with Gasteiger partial charge in [-0.3, -0.25) is 4.79 Å². The molecule has 23 heavy (non-hydrogen) atoms. The van der Waals surface area contributed by atoms with E-state index < -0.39 is 0 Å². The lowest BCUT2D eigenvalue weighted by Gasteiger charge is -2.34. The minimum absolute atomic E-state index is 0.0771. The maximum Gasteiger partial charge on any atom is 0.268 e. The fraction of sp³-hybridized carbons (Fsp3) is 0.750. The van der Waals surface area contributed by atoms with Gasteiger partial charge < -0.3 is 19.7 Å². The summed E-state index contributed by atoms with van der Waals surface area (Å²) in [7, 11) is 1.66. The van der Waals surface area contributed by atoms with E-state index in [0.717, 1.165) is 57.8 Å². The number of hydrogen-bond acceptors (Lipinski definition) is 6. The van der Waals surface area contributed by atoms with Crippen molar-refractivity contribution in [2.75, 3.05) is 44.4 Å². The lowest BCUT2D eigenvalue weighted by molar-refractivity contribution is 0.0330. The Hall–Kier alpha value is -1.44. The number of hydrogen-bond donors (Lipinski definition) is 1. The minimum Gasteiger partial charge on any atom is -0.381 e. The summed E-state index contributed by atoms with van der Waals surface area (Å²) in [6.45, 7) is 4.99. The average molecular weight is 322 g/mol. The number of rotatable bonds is 5. The molecule has 1 N–H and O–H groups in total. The van der Waals surface area contributed by atoms with Crippen LogP contribution in [0.3, 0.4) is 0 Å². The summed E-state index contributed by atoms with van der Waals surface area (Å²) >= 11 is 0. The Morgan fingerprint density at radius 1 is 1.35 bits per heavy atom. The average Bonchev–Trinajstić information content (AvgIpc) is 2.59. The van der Waals surface area contributed by atoms with Crippen LogP contribution in [-0.4, -0.2) is 61.4 Å². The van der Waals surface area contributed by atoms with Gasteiger partial charge in [-0.2, -0.15) is 5.10 Å². The summed E-state index contributed by atoms with van der Waals surface area (Å²) in [4.78, 5) is 13.9. The zero-order valence-electron chi connectivity index (χ0n) is 13.7. The molecule has 3 heterocycles. The lowest BCUT2D eigenvalue weighted by Crippen LogP contribution is -2.45. The second-order valence-corrected chi connectivity index (χ2v) is 6.24. The Balaban J connectivity index is 1.47. The summed E-state index contributed by atoms with van der Waals surface area (Å²) in [5, 5.41) is 7.70. The monoisotopic (exact) mass is 322 g/mol. The van der Waals surface area contributed by atoms with Crippen LogP contribution in [0, 0.1) is 0 Å². The number of anilines is 1. The first kappa shape index (κ1) is 16.4. The molecule has 3 rings (SSSR count). The Morgan fingerprint density at radius 2 is 2.17 bits per heavy atom. The number of aryl methyl sites for hydroxylation is 1. The van der Waals surface area contributed by atoms with Crippen molar-refractivity contribution in [2.45, 2.75) is 31.4 Å². The second-order valence-electron chi connectivity index (χ2n) is 6.24. The molecule has 2 saturated heterocycles. The molecule has 1 aromatic heterocycles. The number of aromatic nitrogens is 2. The molecular weight excluding hydrogens is 296 g/mol. The quantitative estimate of drug-likeness (QED) is 0.832. The Morgan fingerprint density at radius 3 is 2.96 bits per heavy atom. The SMILES string of the molecule is Cn1ncc(N2CCOC(CCNC3CCOCC3)C2)cc1=O. The maximum atomic E-state index is 11.7. The van der Waals surface area contributed by atoms with Crippen molar-refractivity contribution in [3.63, 3.8) is 0 Å². The fourth-order valence-corrected chi connectivity index (χ4v) is 3.11. The molecule has 1 aromatic rings. The highest BCUT2D eigenvalue weighted by Crippen LogP contribution is 2.16. The first-order chi connectivity index (χ1) is 11.2. The summed E-state index contributed by atoms with van der Waals surface area (Å²) in [6.07, 6.45) is 5.11. The molecule has 2 aliphatic heterocycles. The Kier molecular flexibility index (Phi) is 5.64. The van der Waals surface area contributed by atoms with Gasteiger partial charge in [-0.05, 0) is 25.8 Å². The molecule has 7 nitrogen and oxygen atoms in total. The molecule has 128 valence electrons. The smallest absolute Gasteiger partial charge is 0.268 e. The topological polar surface area (TPSA) is 68.6 Å². The van der Waals surface area contributed by atoms with Crippen LogP contribution in [-0.2, 0) is 16.5 Å². The molecule has 2 fully saturated rings. The van der Waals surface area contributed by atoms with E-state index >= 15 is 0 Å². The van der Waals surface area contributed by atoms with E-state index in [0.29, 0.717) is 12.6 Å². The van der Waals surface area contributed by atoms with Crippen LogP contribution in [0.4, 0.5) is 5.69 Å². The van der Waals surface area contributed by atoms with E-state index in [1.165, 1.54) is 4.68 Å². The highest BCUT2D eigenvalue weighted by molar-refractivity contribution is 5.43. The maximum absolute atomic E-state index is 11.7. The van der Waals surface area contributed by atoms with Crippen LogP contribution >= 0.6 is 0 Å². The van der Waals surface area contributed by atoms with Crippen molar-refractivity contribution in [3.8, 4) is 0 Å². The molecule has 0 bridgehead atoms. The lowest BCUT2D eigenvalue weighted by atomic mass is 10.1. The fourth-order valence-electron chi connectivity index (χ4n) is 3.11. The minimum atomic E-state index is -0.0771. The van der Waals surface area contributed by atoms with Crippen LogP contribution in [0.2, 0.25) is 0 Å². The predicted octanol–water partition coefficient (Wildman–Crippen LogP) is 0.144. The van der Waals surface area contributed by atoms with Crippen molar-refractivity contribution < 1.29 is 9.47 Å². The third-order valence-electron chi connectivity index (χ3n) is 4.58. The van der Waals surface area contributed by atoms with Crippen LogP contribution in [0.25, 0.3) is 0 Å². The first-order valence-electron chi connectivity index (χ1n) is 8.43. The number of nitrogens with one attached hydrogen (secondary N) is 1. The number of ether oxygens (including phenoxy) is 2. The van der Waals surface area contributed by atoms with Crippen molar-refractivity contribution in [1.29, 1.82) is 0 Å². The van der Waals surface area contributed by atoms with Crippen LogP contribution in [0.1, 0.15) is 19.3 Å².